The maximum Gasteiger partial charge on any atom is 0.191 e. The normalized spacial score (nSPS) is 11.2. The smallest absolute Gasteiger partial charge is 0.191 e. The first kappa shape index (κ1) is 22.9. The number of aryl methyl sites for hydroxylation is 2. The fraction of sp³-hybridized carbons (Fsp3) is 0.381. The van der Waals surface area contributed by atoms with Gasteiger partial charge in [-0.15, -0.1) is 24.0 Å². The lowest BCUT2D eigenvalue weighted by Crippen LogP contribution is -2.38. The highest BCUT2D eigenvalue weighted by molar-refractivity contribution is 14.0. The van der Waals surface area contributed by atoms with E-state index in [0.29, 0.717) is 6.54 Å². The number of rotatable bonds is 8. The average molecular weight is 508 g/mol. The summed E-state index contributed by atoms with van der Waals surface area (Å²) in [5.74, 6) is 1.69. The predicted molar refractivity (Wildman–Crippen MR) is 126 cm³/mol. The summed E-state index contributed by atoms with van der Waals surface area (Å²) in [6.45, 7) is 8.92. The summed E-state index contributed by atoms with van der Waals surface area (Å²) in [4.78, 5) is 4.76. The zero-order valence-corrected chi connectivity index (χ0v) is 19.5. The van der Waals surface area contributed by atoms with Gasteiger partial charge in [0, 0.05) is 31.0 Å². The fourth-order valence-electron chi connectivity index (χ4n) is 3.11. The summed E-state index contributed by atoms with van der Waals surface area (Å²) in [6, 6.07) is 10.3. The summed E-state index contributed by atoms with van der Waals surface area (Å²) >= 11 is 0. The molecule has 3 aromatic rings. The Morgan fingerprint density at radius 1 is 1.14 bits per heavy atom. The van der Waals surface area contributed by atoms with E-state index >= 15 is 0 Å². The van der Waals surface area contributed by atoms with Gasteiger partial charge in [0.05, 0.1) is 18.8 Å². The summed E-state index contributed by atoms with van der Waals surface area (Å²) in [5, 5.41) is 15.0. The molecule has 0 saturated heterocycles. The number of nitrogens with one attached hydrogen (secondary N) is 2. The van der Waals surface area contributed by atoms with Crippen molar-refractivity contribution in [3.63, 3.8) is 0 Å². The second-order valence-electron chi connectivity index (χ2n) is 6.65. The lowest BCUT2D eigenvalue weighted by molar-refractivity contribution is 0.392. The Balaban J connectivity index is 0.00000300. The Kier molecular flexibility index (Phi) is 9.17. The second kappa shape index (κ2) is 11.6. The molecule has 7 nitrogen and oxygen atoms in total. The van der Waals surface area contributed by atoms with Crippen LogP contribution in [0.4, 0.5) is 0 Å². The van der Waals surface area contributed by atoms with E-state index in [-0.39, 0.29) is 24.0 Å². The molecule has 0 aliphatic carbocycles. The van der Waals surface area contributed by atoms with E-state index in [4.69, 9.17) is 9.52 Å². The molecule has 29 heavy (non-hydrogen) atoms. The predicted octanol–water partition coefficient (Wildman–Crippen LogP) is 3.45. The van der Waals surface area contributed by atoms with Gasteiger partial charge < -0.3 is 15.2 Å². The van der Waals surface area contributed by atoms with Crippen molar-refractivity contribution < 1.29 is 4.52 Å². The second-order valence-corrected chi connectivity index (χ2v) is 6.65. The fourth-order valence-corrected chi connectivity index (χ4v) is 3.11. The number of hydrogen-bond donors (Lipinski definition) is 2. The number of aliphatic imine (C=N–C) groups is 1. The number of halogens is 1. The zero-order valence-electron chi connectivity index (χ0n) is 17.2. The minimum atomic E-state index is 0. The van der Waals surface area contributed by atoms with E-state index in [9.17, 15) is 0 Å². The molecule has 1 aromatic carbocycles. The molecular weight excluding hydrogens is 479 g/mol. The molecular formula is C21H29IN6O. The Hall–Kier alpha value is -2.36. The molecule has 0 amide bonds. The van der Waals surface area contributed by atoms with Crippen molar-refractivity contribution in [3.8, 4) is 0 Å². The summed E-state index contributed by atoms with van der Waals surface area (Å²) in [7, 11) is 0. The molecule has 2 N–H and O–H groups in total. The van der Waals surface area contributed by atoms with Crippen LogP contribution in [-0.2, 0) is 19.5 Å². The first-order valence-corrected chi connectivity index (χ1v) is 9.65. The number of aromatic nitrogens is 3. The van der Waals surface area contributed by atoms with Crippen molar-refractivity contribution in [2.24, 2.45) is 4.99 Å². The SMILES string of the molecule is CCNC(=NCc1ccccc1Cn1cccn1)NCCc1c(C)noc1C.I. The maximum atomic E-state index is 5.23. The van der Waals surface area contributed by atoms with Gasteiger partial charge in [-0.05, 0) is 44.4 Å². The van der Waals surface area contributed by atoms with Crippen molar-refractivity contribution >= 4 is 29.9 Å². The van der Waals surface area contributed by atoms with Gasteiger partial charge in [-0.2, -0.15) is 5.10 Å². The van der Waals surface area contributed by atoms with E-state index in [1.165, 1.54) is 11.1 Å². The average Bonchev–Trinajstić information content (AvgIpc) is 3.32. The minimum Gasteiger partial charge on any atom is -0.361 e. The van der Waals surface area contributed by atoms with Gasteiger partial charge in [-0.3, -0.25) is 4.68 Å². The third kappa shape index (κ3) is 6.59. The zero-order chi connectivity index (χ0) is 19.8. The van der Waals surface area contributed by atoms with Crippen LogP contribution < -0.4 is 10.6 Å². The van der Waals surface area contributed by atoms with Gasteiger partial charge in [0.2, 0.25) is 0 Å². The Morgan fingerprint density at radius 3 is 2.59 bits per heavy atom. The number of guanidine groups is 1. The van der Waals surface area contributed by atoms with Crippen molar-refractivity contribution in [1.82, 2.24) is 25.6 Å². The van der Waals surface area contributed by atoms with Crippen LogP contribution in [0.3, 0.4) is 0 Å². The van der Waals surface area contributed by atoms with Crippen molar-refractivity contribution in [2.75, 3.05) is 13.1 Å². The lowest BCUT2D eigenvalue weighted by atomic mass is 10.1. The molecule has 0 spiro atoms. The van der Waals surface area contributed by atoms with E-state index in [0.717, 1.165) is 49.0 Å². The molecule has 156 valence electrons. The van der Waals surface area contributed by atoms with Crippen LogP contribution in [0.15, 0.2) is 52.2 Å². The van der Waals surface area contributed by atoms with E-state index in [1.54, 1.807) is 6.20 Å². The Labute approximate surface area is 189 Å². The summed E-state index contributed by atoms with van der Waals surface area (Å²) < 4.78 is 7.16. The van der Waals surface area contributed by atoms with Crippen LogP contribution in [0.25, 0.3) is 0 Å². The number of benzene rings is 1. The van der Waals surface area contributed by atoms with Gasteiger partial charge >= 0.3 is 0 Å². The van der Waals surface area contributed by atoms with Gasteiger partial charge in [-0.25, -0.2) is 4.99 Å². The Morgan fingerprint density at radius 2 is 1.93 bits per heavy atom. The molecule has 2 aromatic heterocycles. The monoisotopic (exact) mass is 508 g/mol. The van der Waals surface area contributed by atoms with Crippen LogP contribution in [0.5, 0.6) is 0 Å². The molecule has 0 aliphatic rings. The first-order chi connectivity index (χ1) is 13.7. The van der Waals surface area contributed by atoms with Gasteiger partial charge in [-0.1, -0.05) is 29.4 Å². The topological polar surface area (TPSA) is 80.3 Å². The molecule has 2 heterocycles. The summed E-state index contributed by atoms with van der Waals surface area (Å²) in [6.07, 6.45) is 4.62. The van der Waals surface area contributed by atoms with Gasteiger partial charge in [0.1, 0.15) is 5.76 Å². The molecule has 0 bridgehead atoms. The van der Waals surface area contributed by atoms with E-state index in [2.05, 4.69) is 52.1 Å². The van der Waals surface area contributed by atoms with Crippen LogP contribution in [-0.4, -0.2) is 34.0 Å². The van der Waals surface area contributed by atoms with Crippen LogP contribution in [0.2, 0.25) is 0 Å². The molecule has 0 aliphatic heterocycles. The molecule has 8 heteroatoms. The molecule has 0 saturated carbocycles. The summed E-state index contributed by atoms with van der Waals surface area (Å²) in [5.41, 5.74) is 4.53. The minimum absolute atomic E-state index is 0. The standard InChI is InChI=1S/C21H28N6O.HI/c1-4-22-21(23-12-10-20-16(2)26-28-17(20)3)24-14-18-8-5-6-9-19(18)15-27-13-7-11-25-27;/h5-9,11,13H,4,10,12,14-15H2,1-3H3,(H2,22,23,24);1H. The highest BCUT2D eigenvalue weighted by Gasteiger charge is 2.09. The molecule has 0 fully saturated rings. The van der Waals surface area contributed by atoms with Crippen LogP contribution in [0, 0.1) is 13.8 Å². The third-order valence-corrected chi connectivity index (χ3v) is 4.61. The van der Waals surface area contributed by atoms with Crippen molar-refractivity contribution in [1.29, 1.82) is 0 Å². The van der Waals surface area contributed by atoms with Crippen LogP contribution in [0.1, 0.15) is 35.1 Å². The maximum absolute atomic E-state index is 5.23. The van der Waals surface area contributed by atoms with Gasteiger partial charge in [0.15, 0.2) is 5.96 Å². The molecule has 0 radical (unpaired) electrons. The van der Waals surface area contributed by atoms with Crippen LogP contribution >= 0.6 is 24.0 Å². The highest BCUT2D eigenvalue weighted by atomic mass is 127. The van der Waals surface area contributed by atoms with Crippen molar-refractivity contribution in [3.05, 3.63) is 70.9 Å². The molecule has 3 rings (SSSR count). The van der Waals surface area contributed by atoms with E-state index in [1.807, 2.05) is 30.8 Å². The largest absolute Gasteiger partial charge is 0.361 e. The number of hydrogen-bond acceptors (Lipinski definition) is 4. The molecule has 0 unspecified atom stereocenters. The highest BCUT2D eigenvalue weighted by Crippen LogP contribution is 2.13. The lowest BCUT2D eigenvalue weighted by Gasteiger charge is -2.12. The van der Waals surface area contributed by atoms with E-state index < -0.39 is 0 Å². The number of nitrogens with zero attached hydrogens (tertiary/aromatic N) is 4. The Bertz CT molecular complexity index is 884. The first-order valence-electron chi connectivity index (χ1n) is 9.65. The quantitative estimate of drug-likeness (QED) is 0.277. The molecule has 0 atom stereocenters. The van der Waals surface area contributed by atoms with Crippen molar-refractivity contribution in [2.45, 2.75) is 40.3 Å². The van der Waals surface area contributed by atoms with Gasteiger partial charge in [0.25, 0.3) is 0 Å². The third-order valence-electron chi connectivity index (χ3n) is 4.61.